The van der Waals surface area contributed by atoms with Crippen LogP contribution in [0.2, 0.25) is 0 Å². The summed E-state index contributed by atoms with van der Waals surface area (Å²) < 4.78 is 5.60. The third-order valence-corrected chi connectivity index (χ3v) is 7.25. The Morgan fingerprint density at radius 1 is 1.21 bits per heavy atom. The predicted octanol–water partition coefficient (Wildman–Crippen LogP) is 1.40. The Labute approximate surface area is 195 Å². The lowest BCUT2D eigenvalue weighted by Crippen LogP contribution is -2.57. The Balaban J connectivity index is 1.47. The number of rotatable bonds is 7. The van der Waals surface area contributed by atoms with Gasteiger partial charge in [0.1, 0.15) is 11.8 Å². The van der Waals surface area contributed by atoms with Gasteiger partial charge in [-0.05, 0) is 69.3 Å². The largest absolute Gasteiger partial charge is 0.493 e. The van der Waals surface area contributed by atoms with Crippen LogP contribution >= 0.6 is 0 Å². The van der Waals surface area contributed by atoms with Gasteiger partial charge in [0, 0.05) is 24.6 Å². The number of hydrogen-bond acceptors (Lipinski definition) is 5. The number of benzene rings is 1. The van der Waals surface area contributed by atoms with E-state index in [0.717, 1.165) is 37.0 Å². The van der Waals surface area contributed by atoms with E-state index in [9.17, 15) is 14.4 Å². The van der Waals surface area contributed by atoms with Crippen molar-refractivity contribution >= 4 is 17.7 Å². The van der Waals surface area contributed by atoms with Gasteiger partial charge in [-0.15, -0.1) is 0 Å². The van der Waals surface area contributed by atoms with E-state index in [2.05, 4.69) is 22.5 Å². The van der Waals surface area contributed by atoms with Gasteiger partial charge in [-0.3, -0.25) is 14.4 Å². The van der Waals surface area contributed by atoms with Gasteiger partial charge < -0.3 is 25.6 Å². The first-order chi connectivity index (χ1) is 15.8. The molecule has 178 valence electrons. The highest BCUT2D eigenvalue weighted by atomic mass is 16.5. The average molecular weight is 455 g/mol. The second-order valence-electron chi connectivity index (χ2n) is 9.45. The van der Waals surface area contributed by atoms with Crippen molar-refractivity contribution in [2.24, 2.45) is 5.92 Å². The molecule has 3 N–H and O–H groups in total. The minimum Gasteiger partial charge on any atom is -0.493 e. The van der Waals surface area contributed by atoms with E-state index in [-0.39, 0.29) is 29.8 Å². The van der Waals surface area contributed by atoms with Crippen LogP contribution in [-0.4, -0.2) is 67.0 Å². The zero-order valence-electron chi connectivity index (χ0n) is 19.6. The normalized spacial score (nSPS) is 24.9. The van der Waals surface area contributed by atoms with Gasteiger partial charge in [0.25, 0.3) is 5.91 Å². The smallest absolute Gasteiger partial charge is 0.251 e. The molecular weight excluding hydrogens is 420 g/mol. The molecule has 1 saturated heterocycles. The lowest BCUT2D eigenvalue weighted by Gasteiger charge is -2.33. The van der Waals surface area contributed by atoms with E-state index in [0.29, 0.717) is 30.2 Å². The van der Waals surface area contributed by atoms with E-state index in [1.54, 1.807) is 27.0 Å². The zero-order chi connectivity index (χ0) is 23.7. The number of carbonyl (C=O) groups excluding carboxylic acids is 3. The molecule has 2 fully saturated rings. The number of fused-ring (bicyclic) bond motifs is 2. The summed E-state index contributed by atoms with van der Waals surface area (Å²) in [5.74, 6) is 0.579. The van der Waals surface area contributed by atoms with Crippen molar-refractivity contribution in [2.45, 2.75) is 63.7 Å². The first-order valence-electron chi connectivity index (χ1n) is 11.8. The van der Waals surface area contributed by atoms with Gasteiger partial charge in [0.15, 0.2) is 0 Å². The monoisotopic (exact) mass is 454 g/mol. The number of likely N-dealkylation sites (tertiary alicyclic amines) is 1. The highest BCUT2D eigenvalue weighted by Crippen LogP contribution is 2.39. The van der Waals surface area contributed by atoms with Gasteiger partial charge in [-0.2, -0.15) is 0 Å². The molecule has 2 aliphatic heterocycles. The van der Waals surface area contributed by atoms with Gasteiger partial charge >= 0.3 is 0 Å². The van der Waals surface area contributed by atoms with Crippen LogP contribution in [0.1, 0.15) is 49.0 Å². The molecule has 1 saturated carbocycles. The lowest BCUT2D eigenvalue weighted by molar-refractivity contribution is -0.136. The maximum absolute atomic E-state index is 13.5. The van der Waals surface area contributed by atoms with Crippen LogP contribution in [0.4, 0.5) is 0 Å². The van der Waals surface area contributed by atoms with E-state index in [4.69, 9.17) is 4.74 Å². The van der Waals surface area contributed by atoms with Gasteiger partial charge in [-0.25, -0.2) is 0 Å². The van der Waals surface area contributed by atoms with Crippen molar-refractivity contribution in [2.75, 3.05) is 20.2 Å². The molecule has 0 radical (unpaired) electrons. The molecule has 1 aromatic rings. The molecule has 5 atom stereocenters. The quantitative estimate of drug-likeness (QED) is 0.541. The summed E-state index contributed by atoms with van der Waals surface area (Å²) >= 11 is 0. The topological polar surface area (TPSA) is 99.8 Å². The summed E-state index contributed by atoms with van der Waals surface area (Å²) in [4.78, 5) is 40.8. The third-order valence-electron chi connectivity index (χ3n) is 7.25. The number of ether oxygens (including phenoxy) is 1. The number of amides is 3. The molecule has 8 nitrogen and oxygen atoms in total. The first kappa shape index (κ1) is 23.3. The Kier molecular flexibility index (Phi) is 6.74. The highest BCUT2D eigenvalue weighted by Gasteiger charge is 2.48. The molecular formula is C25H34N4O4. The fourth-order valence-electron chi connectivity index (χ4n) is 5.24. The Morgan fingerprint density at radius 2 is 2.00 bits per heavy atom. The van der Waals surface area contributed by atoms with Crippen LogP contribution in [0.25, 0.3) is 0 Å². The minimum absolute atomic E-state index is 0.0763. The van der Waals surface area contributed by atoms with Gasteiger partial charge in [-0.1, -0.05) is 12.6 Å². The summed E-state index contributed by atoms with van der Waals surface area (Å²) in [6.07, 6.45) is 3.56. The molecule has 0 aromatic heterocycles. The van der Waals surface area contributed by atoms with Crippen molar-refractivity contribution in [3.63, 3.8) is 0 Å². The Bertz CT molecular complexity index is 962. The van der Waals surface area contributed by atoms with E-state index < -0.39 is 12.1 Å². The Morgan fingerprint density at radius 3 is 2.73 bits per heavy atom. The van der Waals surface area contributed by atoms with Crippen LogP contribution in [0.5, 0.6) is 5.75 Å². The molecule has 3 aliphatic rings. The van der Waals surface area contributed by atoms with Gasteiger partial charge in [0.2, 0.25) is 11.8 Å². The summed E-state index contributed by atoms with van der Waals surface area (Å²) in [5, 5.41) is 8.90. The van der Waals surface area contributed by atoms with E-state index >= 15 is 0 Å². The second kappa shape index (κ2) is 9.55. The average Bonchev–Trinajstić information content (AvgIpc) is 3.52. The van der Waals surface area contributed by atoms with Crippen LogP contribution in [0, 0.1) is 5.92 Å². The number of nitrogens with one attached hydrogen (secondary N) is 3. The molecule has 3 amide bonds. The van der Waals surface area contributed by atoms with E-state index in [1.807, 2.05) is 17.0 Å². The van der Waals surface area contributed by atoms with Crippen LogP contribution < -0.4 is 20.7 Å². The summed E-state index contributed by atoms with van der Waals surface area (Å²) in [6.45, 7) is 8.71. The fourth-order valence-corrected chi connectivity index (χ4v) is 5.24. The standard InChI is InChI=1S/C25H34N4O4/c1-14(2)21(28-23(30)15(3)26-4)25(32)29-11-9-17-7-8-19(22(17)29)27-24(31)18-6-5-16-10-12-33-20(16)13-18/h5-6,13,15,17,19,21-22,26H,1,7-12H2,2-4H3,(H,27,31)(H,28,30)/t15-,17+,19-,21-,22-/m0/s1. The van der Waals surface area contributed by atoms with Crippen molar-refractivity contribution < 1.29 is 19.1 Å². The van der Waals surface area contributed by atoms with Crippen LogP contribution in [-0.2, 0) is 16.0 Å². The molecule has 1 aromatic carbocycles. The summed E-state index contributed by atoms with van der Waals surface area (Å²) in [5.41, 5.74) is 2.29. The minimum atomic E-state index is -0.780. The lowest BCUT2D eigenvalue weighted by atomic mass is 10.0. The predicted molar refractivity (Wildman–Crippen MR) is 125 cm³/mol. The number of carbonyl (C=O) groups is 3. The van der Waals surface area contributed by atoms with E-state index in [1.165, 1.54) is 0 Å². The molecule has 0 bridgehead atoms. The molecule has 1 aliphatic carbocycles. The number of hydrogen-bond donors (Lipinski definition) is 3. The highest BCUT2D eigenvalue weighted by molar-refractivity contribution is 5.95. The summed E-state index contributed by atoms with van der Waals surface area (Å²) in [7, 11) is 1.70. The maximum atomic E-state index is 13.5. The number of likely N-dealkylation sites (N-methyl/N-ethyl adjacent to an activating group) is 1. The van der Waals surface area contributed by atoms with Crippen LogP contribution in [0.15, 0.2) is 30.4 Å². The van der Waals surface area contributed by atoms with Gasteiger partial charge in [0.05, 0.1) is 18.7 Å². The fraction of sp³-hybridized carbons (Fsp3) is 0.560. The molecule has 33 heavy (non-hydrogen) atoms. The third kappa shape index (κ3) is 4.62. The van der Waals surface area contributed by atoms with Crippen molar-refractivity contribution in [3.05, 3.63) is 41.5 Å². The summed E-state index contributed by atoms with van der Waals surface area (Å²) in [6, 6.07) is 4.19. The first-order valence-corrected chi connectivity index (χ1v) is 11.8. The maximum Gasteiger partial charge on any atom is 0.251 e. The molecule has 0 spiro atoms. The molecule has 2 heterocycles. The molecule has 8 heteroatoms. The Hall–Kier alpha value is -2.87. The molecule has 4 rings (SSSR count). The van der Waals surface area contributed by atoms with Crippen molar-refractivity contribution in [1.29, 1.82) is 0 Å². The zero-order valence-corrected chi connectivity index (χ0v) is 19.6. The van der Waals surface area contributed by atoms with Crippen molar-refractivity contribution in [3.8, 4) is 5.75 Å². The second-order valence-corrected chi connectivity index (χ2v) is 9.45. The molecule has 0 unspecified atom stereocenters. The van der Waals surface area contributed by atoms with Crippen molar-refractivity contribution in [1.82, 2.24) is 20.9 Å². The number of nitrogens with zero attached hydrogens (tertiary/aromatic N) is 1. The van der Waals surface area contributed by atoms with Crippen LogP contribution in [0.3, 0.4) is 0 Å². The SMILES string of the molecule is C=C(C)[C@H](NC(=O)[C@H](C)NC)C(=O)N1CC[C@H]2CC[C@H](NC(=O)c3ccc4c(c3)OCC4)[C@H]21.